The Labute approximate surface area is 112 Å². The van der Waals surface area contributed by atoms with Gasteiger partial charge in [-0.3, -0.25) is 0 Å². The van der Waals surface area contributed by atoms with Crippen LogP contribution >= 0.6 is 0 Å². The molecule has 0 aromatic heterocycles. The molecule has 0 fully saturated rings. The van der Waals surface area contributed by atoms with Crippen LogP contribution in [0.3, 0.4) is 0 Å². The normalized spacial score (nSPS) is 13.3. The third-order valence-corrected chi connectivity index (χ3v) is 3.43. The average molecular weight is 248 g/mol. The fourth-order valence-electron chi connectivity index (χ4n) is 2.09. The van der Waals surface area contributed by atoms with Crippen molar-refractivity contribution < 1.29 is 0 Å². The van der Waals surface area contributed by atoms with E-state index in [-0.39, 0.29) is 6.04 Å². The van der Waals surface area contributed by atoms with Gasteiger partial charge >= 0.3 is 0 Å². The molecule has 2 nitrogen and oxygen atoms in total. The minimum Gasteiger partial charge on any atom is -0.323 e. The van der Waals surface area contributed by atoms with Gasteiger partial charge in [-0.15, -0.1) is 0 Å². The largest absolute Gasteiger partial charge is 0.323 e. The zero-order valence-corrected chi connectivity index (χ0v) is 12.3. The second-order valence-corrected chi connectivity index (χ2v) is 5.54. The van der Waals surface area contributed by atoms with Crippen LogP contribution in [0.15, 0.2) is 24.3 Å². The SMILES string of the molecule is CCCCN(C)CC(N)c1ccc(C(C)C)cc1. The van der Waals surface area contributed by atoms with Gasteiger partial charge in [0.1, 0.15) is 0 Å². The van der Waals surface area contributed by atoms with Gasteiger partial charge in [-0.1, -0.05) is 51.5 Å². The summed E-state index contributed by atoms with van der Waals surface area (Å²) in [6.45, 7) is 8.72. The van der Waals surface area contributed by atoms with E-state index in [1.54, 1.807) is 0 Å². The fraction of sp³-hybridized carbons (Fsp3) is 0.625. The Hall–Kier alpha value is -0.860. The maximum atomic E-state index is 6.25. The summed E-state index contributed by atoms with van der Waals surface area (Å²) in [6.07, 6.45) is 2.48. The van der Waals surface area contributed by atoms with Crippen molar-refractivity contribution in [2.24, 2.45) is 5.73 Å². The van der Waals surface area contributed by atoms with Gasteiger partial charge in [0, 0.05) is 12.6 Å². The first kappa shape index (κ1) is 15.2. The quantitative estimate of drug-likeness (QED) is 0.799. The molecule has 1 aromatic carbocycles. The summed E-state index contributed by atoms with van der Waals surface area (Å²) in [7, 11) is 2.15. The lowest BCUT2D eigenvalue weighted by atomic mass is 9.99. The van der Waals surface area contributed by atoms with Crippen molar-refractivity contribution in [3.63, 3.8) is 0 Å². The summed E-state index contributed by atoms with van der Waals surface area (Å²) in [5, 5.41) is 0. The number of hydrogen-bond acceptors (Lipinski definition) is 2. The van der Waals surface area contributed by atoms with E-state index >= 15 is 0 Å². The molecular formula is C16H28N2. The van der Waals surface area contributed by atoms with Crippen LogP contribution in [0.4, 0.5) is 0 Å². The van der Waals surface area contributed by atoms with E-state index in [4.69, 9.17) is 5.73 Å². The highest BCUT2D eigenvalue weighted by molar-refractivity contribution is 5.26. The molecule has 0 saturated heterocycles. The van der Waals surface area contributed by atoms with Crippen LogP contribution in [0.1, 0.15) is 56.7 Å². The van der Waals surface area contributed by atoms with Crippen molar-refractivity contribution in [1.82, 2.24) is 4.90 Å². The van der Waals surface area contributed by atoms with Gasteiger partial charge in [0.2, 0.25) is 0 Å². The van der Waals surface area contributed by atoms with Gasteiger partial charge < -0.3 is 10.6 Å². The van der Waals surface area contributed by atoms with Crippen molar-refractivity contribution in [2.45, 2.75) is 45.6 Å². The van der Waals surface area contributed by atoms with Crippen molar-refractivity contribution >= 4 is 0 Å². The van der Waals surface area contributed by atoms with Crippen molar-refractivity contribution in [1.29, 1.82) is 0 Å². The van der Waals surface area contributed by atoms with Gasteiger partial charge in [0.15, 0.2) is 0 Å². The number of hydrogen-bond donors (Lipinski definition) is 1. The Bertz CT molecular complexity index is 329. The van der Waals surface area contributed by atoms with E-state index in [0.29, 0.717) is 5.92 Å². The second kappa shape index (κ2) is 7.55. The summed E-state index contributed by atoms with van der Waals surface area (Å²) in [5.74, 6) is 0.586. The summed E-state index contributed by atoms with van der Waals surface area (Å²) >= 11 is 0. The summed E-state index contributed by atoms with van der Waals surface area (Å²) in [4.78, 5) is 2.32. The Balaban J connectivity index is 2.53. The first-order valence-corrected chi connectivity index (χ1v) is 7.08. The molecule has 1 unspecified atom stereocenters. The highest BCUT2D eigenvalue weighted by Crippen LogP contribution is 2.18. The number of likely N-dealkylation sites (N-methyl/N-ethyl adjacent to an activating group) is 1. The number of nitrogens with zero attached hydrogens (tertiary/aromatic N) is 1. The van der Waals surface area contributed by atoms with Crippen LogP contribution in [-0.4, -0.2) is 25.0 Å². The number of unbranched alkanes of at least 4 members (excludes halogenated alkanes) is 1. The predicted octanol–water partition coefficient (Wildman–Crippen LogP) is 3.54. The molecule has 0 bridgehead atoms. The molecule has 1 aromatic rings. The van der Waals surface area contributed by atoms with Crippen LogP contribution in [0.5, 0.6) is 0 Å². The molecule has 2 N–H and O–H groups in total. The molecule has 0 aliphatic rings. The molecule has 102 valence electrons. The summed E-state index contributed by atoms with van der Waals surface area (Å²) in [6, 6.07) is 8.87. The Kier molecular flexibility index (Phi) is 6.37. The molecule has 1 rings (SSSR count). The topological polar surface area (TPSA) is 29.3 Å². The number of rotatable bonds is 7. The molecule has 0 spiro atoms. The van der Waals surface area contributed by atoms with Gasteiger partial charge in [-0.25, -0.2) is 0 Å². The second-order valence-electron chi connectivity index (χ2n) is 5.54. The molecule has 0 amide bonds. The number of benzene rings is 1. The Morgan fingerprint density at radius 3 is 2.17 bits per heavy atom. The van der Waals surface area contributed by atoms with Crippen molar-refractivity contribution in [3.8, 4) is 0 Å². The Morgan fingerprint density at radius 2 is 1.67 bits per heavy atom. The van der Waals surface area contributed by atoms with E-state index in [9.17, 15) is 0 Å². The molecule has 0 radical (unpaired) electrons. The smallest absolute Gasteiger partial charge is 0.0424 e. The minimum atomic E-state index is 0.119. The van der Waals surface area contributed by atoms with Crippen LogP contribution in [0, 0.1) is 0 Å². The lowest BCUT2D eigenvalue weighted by molar-refractivity contribution is 0.307. The molecule has 0 saturated carbocycles. The molecule has 0 aliphatic heterocycles. The lowest BCUT2D eigenvalue weighted by Gasteiger charge is -2.21. The van der Waals surface area contributed by atoms with Crippen molar-refractivity contribution in [3.05, 3.63) is 35.4 Å². The van der Waals surface area contributed by atoms with Crippen LogP contribution in [-0.2, 0) is 0 Å². The summed E-state index contributed by atoms with van der Waals surface area (Å²) in [5.41, 5.74) is 8.87. The highest BCUT2D eigenvalue weighted by Gasteiger charge is 2.09. The predicted molar refractivity (Wildman–Crippen MR) is 79.9 cm³/mol. The maximum Gasteiger partial charge on any atom is 0.0424 e. The Morgan fingerprint density at radius 1 is 1.11 bits per heavy atom. The van der Waals surface area contributed by atoms with Gasteiger partial charge in [0.25, 0.3) is 0 Å². The van der Waals surface area contributed by atoms with Gasteiger partial charge in [-0.05, 0) is 37.1 Å². The zero-order chi connectivity index (χ0) is 13.5. The molecule has 0 aliphatic carbocycles. The molecule has 18 heavy (non-hydrogen) atoms. The number of nitrogens with two attached hydrogens (primary N) is 1. The third-order valence-electron chi connectivity index (χ3n) is 3.43. The van der Waals surface area contributed by atoms with Gasteiger partial charge in [0.05, 0.1) is 0 Å². The van der Waals surface area contributed by atoms with Crippen LogP contribution in [0.2, 0.25) is 0 Å². The monoisotopic (exact) mass is 248 g/mol. The summed E-state index contributed by atoms with van der Waals surface area (Å²) < 4.78 is 0. The molecule has 2 heteroatoms. The molecule has 1 atom stereocenters. The zero-order valence-electron chi connectivity index (χ0n) is 12.3. The highest BCUT2D eigenvalue weighted by atomic mass is 15.1. The van der Waals surface area contributed by atoms with E-state index in [1.807, 2.05) is 0 Å². The molecular weight excluding hydrogens is 220 g/mol. The van der Waals surface area contributed by atoms with E-state index < -0.39 is 0 Å². The third kappa shape index (κ3) is 4.79. The first-order valence-electron chi connectivity index (χ1n) is 7.08. The van der Waals surface area contributed by atoms with Crippen molar-refractivity contribution in [2.75, 3.05) is 20.1 Å². The minimum absolute atomic E-state index is 0.119. The van der Waals surface area contributed by atoms with Gasteiger partial charge in [-0.2, -0.15) is 0 Å². The fourth-order valence-corrected chi connectivity index (χ4v) is 2.09. The maximum absolute atomic E-state index is 6.25. The van der Waals surface area contributed by atoms with Crippen LogP contribution in [0.25, 0.3) is 0 Å². The standard InChI is InChI=1S/C16H28N2/c1-5-6-11-18(4)12-16(17)15-9-7-14(8-10-15)13(2)3/h7-10,13,16H,5-6,11-12,17H2,1-4H3. The lowest BCUT2D eigenvalue weighted by Crippen LogP contribution is -2.29. The van der Waals surface area contributed by atoms with E-state index in [1.165, 1.54) is 24.0 Å². The average Bonchev–Trinajstić information content (AvgIpc) is 2.36. The van der Waals surface area contributed by atoms with E-state index in [2.05, 4.69) is 57.0 Å². The first-order chi connectivity index (χ1) is 8.54. The van der Waals surface area contributed by atoms with Crippen LogP contribution < -0.4 is 5.73 Å². The van der Waals surface area contributed by atoms with E-state index in [0.717, 1.165) is 13.1 Å². The molecule has 0 heterocycles.